The molecular weight excluding hydrogens is 256 g/mol. The minimum Gasteiger partial charge on any atom is -0.370 e. The Hall–Kier alpha value is -2.18. The van der Waals surface area contributed by atoms with Gasteiger partial charge in [-0.05, 0) is 23.8 Å². The van der Waals surface area contributed by atoms with Crippen LogP contribution in [0.4, 0.5) is 5.69 Å². The molecule has 106 valence electrons. The van der Waals surface area contributed by atoms with Gasteiger partial charge in [-0.1, -0.05) is 12.1 Å². The predicted molar refractivity (Wildman–Crippen MR) is 76.3 cm³/mol. The Morgan fingerprint density at radius 3 is 2.75 bits per heavy atom. The Morgan fingerprint density at radius 1 is 1.45 bits per heavy atom. The molecule has 0 bridgehead atoms. The minimum atomic E-state index is -0.626. The van der Waals surface area contributed by atoms with Crippen LogP contribution in [0.1, 0.15) is 5.56 Å². The molecule has 3 N–H and O–H groups in total. The van der Waals surface area contributed by atoms with Crippen molar-refractivity contribution in [2.45, 2.75) is 12.6 Å². The highest BCUT2D eigenvalue weighted by atomic mass is 16.5. The first-order valence-corrected chi connectivity index (χ1v) is 6.33. The van der Waals surface area contributed by atoms with Crippen LogP contribution in [-0.4, -0.2) is 35.4 Å². The van der Waals surface area contributed by atoms with Crippen LogP contribution >= 0.6 is 0 Å². The van der Waals surface area contributed by atoms with Gasteiger partial charge in [-0.15, -0.1) is 0 Å². The molecule has 1 aromatic heterocycles. The van der Waals surface area contributed by atoms with Crippen molar-refractivity contribution in [3.8, 4) is 0 Å². The van der Waals surface area contributed by atoms with Crippen molar-refractivity contribution in [2.24, 2.45) is 5.73 Å². The van der Waals surface area contributed by atoms with Gasteiger partial charge in [-0.3, -0.25) is 9.48 Å². The Morgan fingerprint density at radius 2 is 2.20 bits per heavy atom. The van der Waals surface area contributed by atoms with Crippen LogP contribution in [0, 0.1) is 0 Å². The number of nitrogens with one attached hydrogen (secondary N) is 1. The maximum Gasteiger partial charge on any atom is 0.254 e. The summed E-state index contributed by atoms with van der Waals surface area (Å²) in [5.41, 5.74) is 7.26. The van der Waals surface area contributed by atoms with Gasteiger partial charge in [0.15, 0.2) is 0 Å². The molecular formula is C14H18N4O2. The lowest BCUT2D eigenvalue weighted by Crippen LogP contribution is -2.35. The third kappa shape index (κ3) is 3.66. The lowest BCUT2D eigenvalue weighted by molar-refractivity contribution is -0.125. The van der Waals surface area contributed by atoms with Crippen LogP contribution in [0.25, 0.3) is 0 Å². The van der Waals surface area contributed by atoms with Crippen LogP contribution in [-0.2, 0) is 16.1 Å². The number of hydrogen-bond donors (Lipinski definition) is 2. The molecule has 0 aliphatic carbocycles. The number of carbonyl (C=O) groups is 1. The second kappa shape index (κ2) is 6.83. The average molecular weight is 274 g/mol. The Labute approximate surface area is 117 Å². The number of methoxy groups -OCH3 is 1. The molecule has 0 saturated carbocycles. The van der Waals surface area contributed by atoms with E-state index < -0.39 is 6.10 Å². The molecule has 1 unspecified atom stereocenters. The van der Waals surface area contributed by atoms with Crippen molar-refractivity contribution in [3.05, 3.63) is 48.3 Å². The van der Waals surface area contributed by atoms with E-state index in [2.05, 4.69) is 10.4 Å². The number of ether oxygens (including phenoxy) is 1. The molecule has 0 aliphatic heterocycles. The molecule has 1 heterocycles. The number of hydrogen-bond acceptors (Lipinski definition) is 4. The summed E-state index contributed by atoms with van der Waals surface area (Å²) in [5, 5.41) is 6.91. The number of aromatic nitrogens is 2. The molecule has 6 nitrogen and oxygen atoms in total. The summed E-state index contributed by atoms with van der Waals surface area (Å²) in [6.45, 7) is 0.852. The van der Waals surface area contributed by atoms with Crippen LogP contribution in [0.5, 0.6) is 0 Å². The Bertz CT molecular complexity index is 533. The Kier molecular flexibility index (Phi) is 4.86. The van der Waals surface area contributed by atoms with Gasteiger partial charge in [0.1, 0.15) is 6.10 Å². The summed E-state index contributed by atoms with van der Waals surface area (Å²) in [6.07, 6.45) is 3.02. The third-order valence-corrected chi connectivity index (χ3v) is 2.92. The summed E-state index contributed by atoms with van der Waals surface area (Å²) in [7, 11) is 1.46. The normalized spacial score (nSPS) is 12.1. The zero-order valence-corrected chi connectivity index (χ0v) is 11.3. The first-order valence-electron chi connectivity index (χ1n) is 6.33. The lowest BCUT2D eigenvalue weighted by atomic mass is 10.2. The molecule has 0 radical (unpaired) electrons. The van der Waals surface area contributed by atoms with E-state index in [0.29, 0.717) is 6.54 Å². The fourth-order valence-electron chi connectivity index (χ4n) is 1.81. The van der Waals surface area contributed by atoms with Gasteiger partial charge >= 0.3 is 0 Å². The smallest absolute Gasteiger partial charge is 0.254 e. The van der Waals surface area contributed by atoms with Crippen molar-refractivity contribution in [2.75, 3.05) is 19.0 Å². The van der Waals surface area contributed by atoms with E-state index in [9.17, 15) is 4.79 Å². The van der Waals surface area contributed by atoms with Crippen LogP contribution in [0.3, 0.4) is 0 Å². The van der Waals surface area contributed by atoms with Crippen molar-refractivity contribution in [1.82, 2.24) is 9.78 Å². The zero-order valence-electron chi connectivity index (χ0n) is 11.3. The quantitative estimate of drug-likeness (QED) is 0.818. The average Bonchev–Trinajstić information content (AvgIpc) is 2.95. The van der Waals surface area contributed by atoms with Crippen LogP contribution < -0.4 is 11.1 Å². The largest absolute Gasteiger partial charge is 0.370 e. The fourth-order valence-corrected chi connectivity index (χ4v) is 1.81. The number of rotatable bonds is 6. The van der Waals surface area contributed by atoms with Gasteiger partial charge in [-0.2, -0.15) is 5.10 Å². The molecule has 0 spiro atoms. The van der Waals surface area contributed by atoms with Gasteiger partial charge in [0.2, 0.25) is 0 Å². The van der Waals surface area contributed by atoms with E-state index in [0.717, 1.165) is 11.3 Å². The maximum atomic E-state index is 11.8. The monoisotopic (exact) mass is 274 g/mol. The topological polar surface area (TPSA) is 82.2 Å². The molecule has 6 heteroatoms. The summed E-state index contributed by atoms with van der Waals surface area (Å²) in [4.78, 5) is 11.8. The molecule has 0 aliphatic rings. The highest BCUT2D eigenvalue weighted by Gasteiger charge is 2.15. The van der Waals surface area contributed by atoms with Crippen molar-refractivity contribution in [3.63, 3.8) is 0 Å². The van der Waals surface area contributed by atoms with Crippen LogP contribution in [0.15, 0.2) is 42.7 Å². The van der Waals surface area contributed by atoms with Crippen molar-refractivity contribution < 1.29 is 9.53 Å². The van der Waals surface area contributed by atoms with Gasteiger partial charge in [0.05, 0.1) is 6.54 Å². The zero-order chi connectivity index (χ0) is 14.4. The standard InChI is InChI=1S/C14H18N4O2/c1-20-13(9-15)14(19)17-12-5-3-11(4-6-12)10-18-8-2-7-16-18/h2-8,13H,9-10,15H2,1H3,(H,17,19). The molecule has 1 amide bonds. The Balaban J connectivity index is 1.96. The lowest BCUT2D eigenvalue weighted by Gasteiger charge is -2.13. The summed E-state index contributed by atoms with van der Waals surface area (Å²) >= 11 is 0. The number of amides is 1. The second-order valence-corrected chi connectivity index (χ2v) is 4.35. The fraction of sp³-hybridized carbons (Fsp3) is 0.286. The molecule has 2 rings (SSSR count). The molecule has 20 heavy (non-hydrogen) atoms. The second-order valence-electron chi connectivity index (χ2n) is 4.35. The van der Waals surface area contributed by atoms with E-state index in [1.165, 1.54) is 7.11 Å². The summed E-state index contributed by atoms with van der Waals surface area (Å²) in [6, 6.07) is 9.47. The summed E-state index contributed by atoms with van der Waals surface area (Å²) < 4.78 is 6.81. The van der Waals surface area contributed by atoms with Gasteiger partial charge in [0, 0.05) is 31.7 Å². The summed E-state index contributed by atoms with van der Waals surface area (Å²) in [5.74, 6) is -0.241. The maximum absolute atomic E-state index is 11.8. The van der Waals surface area contributed by atoms with E-state index >= 15 is 0 Å². The molecule has 1 aromatic carbocycles. The van der Waals surface area contributed by atoms with E-state index in [1.54, 1.807) is 6.20 Å². The SMILES string of the molecule is COC(CN)C(=O)Nc1ccc(Cn2cccn2)cc1. The predicted octanol–water partition coefficient (Wildman–Crippen LogP) is 0.844. The number of anilines is 1. The van der Waals surface area contributed by atoms with E-state index in [-0.39, 0.29) is 12.5 Å². The molecule has 2 aromatic rings. The number of carbonyl (C=O) groups excluding carboxylic acids is 1. The number of nitrogens with two attached hydrogens (primary N) is 1. The molecule has 1 atom stereocenters. The van der Waals surface area contributed by atoms with Gasteiger partial charge in [0.25, 0.3) is 5.91 Å². The first kappa shape index (κ1) is 14.2. The highest BCUT2D eigenvalue weighted by Crippen LogP contribution is 2.11. The molecule has 0 saturated heterocycles. The van der Waals surface area contributed by atoms with E-state index in [4.69, 9.17) is 10.5 Å². The molecule has 0 fully saturated rings. The van der Waals surface area contributed by atoms with Crippen molar-refractivity contribution >= 4 is 11.6 Å². The van der Waals surface area contributed by atoms with E-state index in [1.807, 2.05) is 41.2 Å². The number of nitrogens with zero attached hydrogens (tertiary/aromatic N) is 2. The number of benzene rings is 1. The highest BCUT2D eigenvalue weighted by molar-refractivity contribution is 5.94. The first-order chi connectivity index (χ1) is 9.72. The third-order valence-electron chi connectivity index (χ3n) is 2.92. The van der Waals surface area contributed by atoms with Crippen molar-refractivity contribution in [1.29, 1.82) is 0 Å². The minimum absolute atomic E-state index is 0.152. The van der Waals surface area contributed by atoms with Gasteiger partial charge < -0.3 is 15.8 Å². The van der Waals surface area contributed by atoms with Crippen LogP contribution in [0.2, 0.25) is 0 Å². The van der Waals surface area contributed by atoms with Gasteiger partial charge in [-0.25, -0.2) is 0 Å².